The number of amides is 2. The van der Waals surface area contributed by atoms with Crippen LogP contribution in [0.15, 0.2) is 16.9 Å². The first-order chi connectivity index (χ1) is 11.7. The number of hydrogen-bond acceptors (Lipinski definition) is 5. The molecule has 1 N–H and O–H groups in total. The standard InChI is InChI=1S/C17H28N4O3/c1-14(4-5-16-3-2-11-23-16)18-17(22)21-9-7-20(8-10-21)13-15-6-12-24-19-15/h6,12,14,16H,2-5,7-11,13H2,1H3,(H,18,22)/t14-,16+/m0/s1. The maximum Gasteiger partial charge on any atom is 0.317 e. The molecule has 1 aromatic heterocycles. The molecular formula is C17H28N4O3. The lowest BCUT2D eigenvalue weighted by Crippen LogP contribution is -2.52. The van der Waals surface area contributed by atoms with Crippen molar-refractivity contribution in [3.05, 3.63) is 18.0 Å². The van der Waals surface area contributed by atoms with Crippen LogP contribution in [0.4, 0.5) is 4.79 Å². The smallest absolute Gasteiger partial charge is 0.317 e. The zero-order valence-corrected chi connectivity index (χ0v) is 14.4. The molecule has 2 aliphatic heterocycles. The van der Waals surface area contributed by atoms with Crippen LogP contribution in [0.2, 0.25) is 0 Å². The van der Waals surface area contributed by atoms with Crippen LogP contribution in [0.5, 0.6) is 0 Å². The van der Waals surface area contributed by atoms with Gasteiger partial charge in [-0.25, -0.2) is 4.79 Å². The molecule has 0 aromatic carbocycles. The van der Waals surface area contributed by atoms with Crippen LogP contribution in [-0.4, -0.2) is 65.9 Å². The van der Waals surface area contributed by atoms with E-state index >= 15 is 0 Å². The Morgan fingerprint density at radius 3 is 2.92 bits per heavy atom. The van der Waals surface area contributed by atoms with E-state index in [9.17, 15) is 4.79 Å². The molecule has 0 unspecified atom stereocenters. The Morgan fingerprint density at radius 1 is 1.42 bits per heavy atom. The third-order valence-electron chi connectivity index (χ3n) is 4.85. The van der Waals surface area contributed by atoms with Crippen LogP contribution in [0.3, 0.4) is 0 Å². The Bertz CT molecular complexity index is 494. The molecule has 2 amide bonds. The minimum atomic E-state index is 0.0518. The lowest BCUT2D eigenvalue weighted by Gasteiger charge is -2.34. The highest BCUT2D eigenvalue weighted by atomic mass is 16.5. The van der Waals surface area contributed by atoms with Crippen LogP contribution < -0.4 is 5.32 Å². The molecule has 0 saturated carbocycles. The van der Waals surface area contributed by atoms with Gasteiger partial charge in [0.25, 0.3) is 0 Å². The number of carbonyl (C=O) groups excluding carboxylic acids is 1. The second-order valence-corrected chi connectivity index (χ2v) is 6.82. The first-order valence-corrected chi connectivity index (χ1v) is 8.99. The summed E-state index contributed by atoms with van der Waals surface area (Å²) in [7, 11) is 0. The molecule has 7 heteroatoms. The molecule has 0 spiro atoms. The van der Waals surface area contributed by atoms with E-state index in [2.05, 4.69) is 22.3 Å². The lowest BCUT2D eigenvalue weighted by atomic mass is 10.1. The monoisotopic (exact) mass is 336 g/mol. The van der Waals surface area contributed by atoms with Crippen molar-refractivity contribution in [2.75, 3.05) is 32.8 Å². The zero-order chi connectivity index (χ0) is 16.8. The van der Waals surface area contributed by atoms with Crippen molar-refractivity contribution < 1.29 is 14.1 Å². The molecule has 3 rings (SSSR count). The minimum Gasteiger partial charge on any atom is -0.378 e. The van der Waals surface area contributed by atoms with E-state index in [1.807, 2.05) is 11.0 Å². The molecule has 24 heavy (non-hydrogen) atoms. The predicted octanol–water partition coefficient (Wildman–Crippen LogP) is 1.85. The summed E-state index contributed by atoms with van der Waals surface area (Å²) in [5, 5.41) is 7.06. The average Bonchev–Trinajstić information content (AvgIpc) is 3.27. The average molecular weight is 336 g/mol. The van der Waals surface area contributed by atoms with Gasteiger partial charge >= 0.3 is 6.03 Å². The zero-order valence-electron chi connectivity index (χ0n) is 14.4. The summed E-state index contributed by atoms with van der Waals surface area (Å²) in [6, 6.07) is 2.13. The van der Waals surface area contributed by atoms with Gasteiger partial charge in [-0.15, -0.1) is 0 Å². The number of rotatable bonds is 6. The van der Waals surface area contributed by atoms with E-state index in [0.29, 0.717) is 6.10 Å². The third kappa shape index (κ3) is 4.95. The predicted molar refractivity (Wildman–Crippen MR) is 89.6 cm³/mol. The van der Waals surface area contributed by atoms with Gasteiger partial charge in [0, 0.05) is 51.4 Å². The van der Waals surface area contributed by atoms with Gasteiger partial charge in [0.15, 0.2) is 0 Å². The maximum absolute atomic E-state index is 12.4. The Morgan fingerprint density at radius 2 is 2.25 bits per heavy atom. The summed E-state index contributed by atoms with van der Waals surface area (Å²) in [5.41, 5.74) is 0.940. The van der Waals surface area contributed by atoms with Crippen molar-refractivity contribution >= 4 is 6.03 Å². The molecule has 0 aliphatic carbocycles. The molecule has 2 atom stereocenters. The SMILES string of the molecule is C[C@@H](CC[C@H]1CCCO1)NC(=O)N1CCN(Cc2ccon2)CC1. The highest BCUT2D eigenvalue weighted by Crippen LogP contribution is 2.17. The fraction of sp³-hybridized carbons (Fsp3) is 0.765. The van der Waals surface area contributed by atoms with Gasteiger partial charge < -0.3 is 19.5 Å². The van der Waals surface area contributed by atoms with Crippen molar-refractivity contribution in [3.63, 3.8) is 0 Å². The summed E-state index contributed by atoms with van der Waals surface area (Å²) in [6.07, 6.45) is 6.33. The third-order valence-corrected chi connectivity index (χ3v) is 4.85. The van der Waals surface area contributed by atoms with E-state index in [0.717, 1.165) is 64.3 Å². The number of hydrogen-bond donors (Lipinski definition) is 1. The normalized spacial score (nSPS) is 23.4. The first-order valence-electron chi connectivity index (χ1n) is 8.99. The Hall–Kier alpha value is -1.60. The van der Waals surface area contributed by atoms with Gasteiger partial charge in [-0.2, -0.15) is 0 Å². The number of urea groups is 1. The second kappa shape index (κ2) is 8.48. The summed E-state index contributed by atoms with van der Waals surface area (Å²) in [5.74, 6) is 0. The fourth-order valence-electron chi connectivity index (χ4n) is 3.34. The Labute approximate surface area is 143 Å². The molecule has 3 heterocycles. The summed E-state index contributed by atoms with van der Waals surface area (Å²) in [4.78, 5) is 16.6. The number of piperazine rings is 1. The molecule has 2 saturated heterocycles. The number of nitrogens with zero attached hydrogens (tertiary/aromatic N) is 3. The largest absolute Gasteiger partial charge is 0.378 e. The summed E-state index contributed by atoms with van der Waals surface area (Å²) < 4.78 is 10.5. The number of carbonyl (C=O) groups is 1. The van der Waals surface area contributed by atoms with Gasteiger partial charge in [-0.3, -0.25) is 4.90 Å². The van der Waals surface area contributed by atoms with E-state index in [1.165, 1.54) is 6.42 Å². The summed E-state index contributed by atoms with van der Waals surface area (Å²) in [6.45, 7) is 6.99. The fourth-order valence-corrected chi connectivity index (χ4v) is 3.34. The molecule has 0 bridgehead atoms. The Balaban J connectivity index is 1.33. The van der Waals surface area contributed by atoms with E-state index < -0.39 is 0 Å². The van der Waals surface area contributed by atoms with Crippen LogP contribution in [0.25, 0.3) is 0 Å². The van der Waals surface area contributed by atoms with Crippen LogP contribution in [0.1, 0.15) is 38.3 Å². The van der Waals surface area contributed by atoms with E-state index in [4.69, 9.17) is 9.26 Å². The molecular weight excluding hydrogens is 308 g/mol. The Kier molecular flexibility index (Phi) is 6.09. The maximum atomic E-state index is 12.4. The van der Waals surface area contributed by atoms with Crippen molar-refractivity contribution in [2.24, 2.45) is 0 Å². The molecule has 2 aliphatic rings. The van der Waals surface area contributed by atoms with Crippen molar-refractivity contribution in [1.82, 2.24) is 20.3 Å². The molecule has 2 fully saturated rings. The van der Waals surface area contributed by atoms with Crippen molar-refractivity contribution in [2.45, 2.75) is 51.3 Å². The van der Waals surface area contributed by atoms with Crippen molar-refractivity contribution in [3.8, 4) is 0 Å². The first kappa shape index (κ1) is 17.2. The van der Waals surface area contributed by atoms with Crippen LogP contribution in [0, 0.1) is 0 Å². The molecule has 7 nitrogen and oxygen atoms in total. The van der Waals surface area contributed by atoms with E-state index in [-0.39, 0.29) is 12.1 Å². The quantitative estimate of drug-likeness (QED) is 0.858. The van der Waals surface area contributed by atoms with Gasteiger partial charge in [0.05, 0.1) is 11.8 Å². The number of nitrogens with one attached hydrogen (secondary N) is 1. The highest BCUT2D eigenvalue weighted by Gasteiger charge is 2.23. The van der Waals surface area contributed by atoms with Crippen LogP contribution >= 0.6 is 0 Å². The molecule has 134 valence electrons. The molecule has 0 radical (unpaired) electrons. The number of ether oxygens (including phenoxy) is 1. The van der Waals surface area contributed by atoms with Gasteiger partial charge in [0.1, 0.15) is 6.26 Å². The van der Waals surface area contributed by atoms with E-state index in [1.54, 1.807) is 6.26 Å². The number of aromatic nitrogens is 1. The van der Waals surface area contributed by atoms with Crippen molar-refractivity contribution in [1.29, 1.82) is 0 Å². The molecule has 1 aromatic rings. The van der Waals surface area contributed by atoms with Gasteiger partial charge in [0.2, 0.25) is 0 Å². The summed E-state index contributed by atoms with van der Waals surface area (Å²) >= 11 is 0. The second-order valence-electron chi connectivity index (χ2n) is 6.82. The lowest BCUT2D eigenvalue weighted by molar-refractivity contribution is 0.0992. The van der Waals surface area contributed by atoms with Crippen LogP contribution in [-0.2, 0) is 11.3 Å². The minimum absolute atomic E-state index is 0.0518. The van der Waals surface area contributed by atoms with Gasteiger partial charge in [-0.1, -0.05) is 5.16 Å². The topological polar surface area (TPSA) is 70.8 Å². The highest BCUT2D eigenvalue weighted by molar-refractivity contribution is 5.74. The van der Waals surface area contributed by atoms with Gasteiger partial charge in [-0.05, 0) is 32.6 Å².